The fraction of sp³-hybridized carbons (Fsp3) is 0.136. The minimum Gasteiger partial charge on any atom is -0.506 e. The van der Waals surface area contributed by atoms with E-state index in [1.54, 1.807) is 61.5 Å². The summed E-state index contributed by atoms with van der Waals surface area (Å²) in [5.41, 5.74) is 0.318. The third-order valence-corrected chi connectivity index (χ3v) is 4.26. The predicted octanol–water partition coefficient (Wildman–Crippen LogP) is 3.29. The zero-order valence-electron chi connectivity index (χ0n) is 15.7. The Balaban J connectivity index is 1.89. The number of hydrogen-bond acceptors (Lipinski definition) is 5. The van der Waals surface area contributed by atoms with Crippen LogP contribution >= 0.6 is 0 Å². The summed E-state index contributed by atoms with van der Waals surface area (Å²) >= 11 is 0. The molecule has 0 aromatic heterocycles. The molecule has 29 heavy (non-hydrogen) atoms. The molecule has 7 heteroatoms. The van der Waals surface area contributed by atoms with Crippen molar-refractivity contribution in [1.82, 2.24) is 10.6 Å². The van der Waals surface area contributed by atoms with Crippen molar-refractivity contribution in [3.8, 4) is 5.75 Å². The summed E-state index contributed by atoms with van der Waals surface area (Å²) in [6.45, 7) is 2.04. The molecule has 0 heterocycles. The van der Waals surface area contributed by atoms with Crippen LogP contribution in [0.5, 0.6) is 5.75 Å². The number of esters is 1. The van der Waals surface area contributed by atoms with Crippen LogP contribution in [0.4, 0.5) is 4.79 Å². The molecule has 3 aromatic carbocycles. The van der Waals surface area contributed by atoms with E-state index >= 15 is 0 Å². The molecule has 3 amide bonds. The highest BCUT2D eigenvalue weighted by molar-refractivity contribution is 6.03. The SMILES string of the molecule is CCNC(=O)NC(=O)[C@H](OC(=O)c1ccc2ccccc2c1O)c1ccccc1. The molecule has 148 valence electrons. The first-order valence-electron chi connectivity index (χ1n) is 9.06. The summed E-state index contributed by atoms with van der Waals surface area (Å²) in [7, 11) is 0. The van der Waals surface area contributed by atoms with Gasteiger partial charge < -0.3 is 15.2 Å². The Hall–Kier alpha value is -3.87. The maximum atomic E-state index is 12.7. The fourth-order valence-corrected chi connectivity index (χ4v) is 2.87. The number of phenolic OH excluding ortho intramolecular Hbond substituents is 1. The number of fused-ring (bicyclic) bond motifs is 1. The van der Waals surface area contributed by atoms with Crippen molar-refractivity contribution in [2.75, 3.05) is 6.54 Å². The van der Waals surface area contributed by atoms with Gasteiger partial charge in [0.1, 0.15) is 11.3 Å². The standard InChI is InChI=1S/C22H20N2O5/c1-2-23-22(28)24-20(26)19(15-9-4-3-5-10-15)29-21(27)17-13-12-14-8-6-7-11-16(14)18(17)25/h3-13,19,25H,2H2,1H3,(H2,23,24,26,28)/t19-/m1/s1. The largest absolute Gasteiger partial charge is 0.506 e. The van der Waals surface area contributed by atoms with Crippen molar-refractivity contribution < 1.29 is 24.2 Å². The number of phenols is 1. The van der Waals surface area contributed by atoms with Gasteiger partial charge in [0.2, 0.25) is 6.10 Å². The van der Waals surface area contributed by atoms with E-state index in [0.717, 1.165) is 5.39 Å². The van der Waals surface area contributed by atoms with Crippen molar-refractivity contribution in [3.05, 3.63) is 77.9 Å². The molecule has 0 unspecified atom stereocenters. The van der Waals surface area contributed by atoms with Gasteiger partial charge in [0.25, 0.3) is 5.91 Å². The number of imide groups is 1. The quantitative estimate of drug-likeness (QED) is 0.578. The van der Waals surface area contributed by atoms with Crippen molar-refractivity contribution in [2.45, 2.75) is 13.0 Å². The second-order valence-corrected chi connectivity index (χ2v) is 6.23. The van der Waals surface area contributed by atoms with Gasteiger partial charge >= 0.3 is 12.0 Å². The van der Waals surface area contributed by atoms with Gasteiger partial charge in [-0.2, -0.15) is 0 Å². The predicted molar refractivity (Wildman–Crippen MR) is 107 cm³/mol. The first-order chi connectivity index (χ1) is 14.0. The lowest BCUT2D eigenvalue weighted by Crippen LogP contribution is -2.42. The summed E-state index contributed by atoms with van der Waals surface area (Å²) < 4.78 is 5.40. The lowest BCUT2D eigenvalue weighted by Gasteiger charge is -2.18. The number of carbonyl (C=O) groups excluding carboxylic acids is 3. The fourth-order valence-electron chi connectivity index (χ4n) is 2.87. The normalized spacial score (nSPS) is 11.5. The number of aromatic hydroxyl groups is 1. The first kappa shape index (κ1) is 19.9. The molecular weight excluding hydrogens is 372 g/mol. The highest BCUT2D eigenvalue weighted by atomic mass is 16.5. The Morgan fingerprint density at radius 1 is 0.966 bits per heavy atom. The van der Waals surface area contributed by atoms with Crippen LogP contribution in [-0.4, -0.2) is 29.6 Å². The van der Waals surface area contributed by atoms with Crippen LogP contribution in [0.3, 0.4) is 0 Å². The molecule has 7 nitrogen and oxygen atoms in total. The van der Waals surface area contributed by atoms with Crippen molar-refractivity contribution in [3.63, 3.8) is 0 Å². The van der Waals surface area contributed by atoms with E-state index in [1.165, 1.54) is 6.07 Å². The molecule has 3 aromatic rings. The van der Waals surface area contributed by atoms with E-state index in [-0.39, 0.29) is 11.3 Å². The highest BCUT2D eigenvalue weighted by Crippen LogP contribution is 2.30. The van der Waals surface area contributed by atoms with Gasteiger partial charge in [-0.25, -0.2) is 9.59 Å². The Morgan fingerprint density at radius 2 is 1.66 bits per heavy atom. The van der Waals surface area contributed by atoms with Gasteiger partial charge in [-0.3, -0.25) is 10.1 Å². The summed E-state index contributed by atoms with van der Waals surface area (Å²) in [6.07, 6.45) is -1.36. The third kappa shape index (κ3) is 4.52. The number of rotatable bonds is 5. The molecule has 3 rings (SSSR count). The highest BCUT2D eigenvalue weighted by Gasteiger charge is 2.28. The average Bonchev–Trinajstić information content (AvgIpc) is 2.73. The monoisotopic (exact) mass is 392 g/mol. The van der Waals surface area contributed by atoms with Gasteiger partial charge in [-0.1, -0.05) is 60.7 Å². The number of nitrogens with one attached hydrogen (secondary N) is 2. The number of ether oxygens (including phenoxy) is 1. The van der Waals surface area contributed by atoms with E-state index in [4.69, 9.17) is 4.74 Å². The van der Waals surface area contributed by atoms with Gasteiger partial charge in [0.15, 0.2) is 0 Å². The van der Waals surface area contributed by atoms with Crippen LogP contribution in [0.25, 0.3) is 10.8 Å². The van der Waals surface area contributed by atoms with Crippen LogP contribution in [0.2, 0.25) is 0 Å². The van der Waals surface area contributed by atoms with Crippen molar-refractivity contribution >= 4 is 28.7 Å². The molecule has 1 atom stereocenters. The maximum Gasteiger partial charge on any atom is 0.343 e. The summed E-state index contributed by atoms with van der Waals surface area (Å²) in [6, 6.07) is 17.8. The van der Waals surface area contributed by atoms with E-state index in [9.17, 15) is 19.5 Å². The van der Waals surface area contributed by atoms with Gasteiger partial charge in [-0.05, 0) is 18.4 Å². The summed E-state index contributed by atoms with van der Waals surface area (Å²) in [4.78, 5) is 37.0. The van der Waals surface area contributed by atoms with Gasteiger partial charge in [0.05, 0.1) is 0 Å². The molecule has 0 aliphatic heterocycles. The molecule has 0 fully saturated rings. The molecule has 0 aliphatic carbocycles. The van der Waals surface area contributed by atoms with Crippen molar-refractivity contribution in [2.24, 2.45) is 0 Å². The summed E-state index contributed by atoms with van der Waals surface area (Å²) in [5.74, 6) is -1.91. The van der Waals surface area contributed by atoms with Crippen molar-refractivity contribution in [1.29, 1.82) is 0 Å². The minimum absolute atomic E-state index is 0.0737. The number of hydrogen-bond donors (Lipinski definition) is 3. The van der Waals surface area contributed by atoms with Crippen LogP contribution in [0, 0.1) is 0 Å². The topological polar surface area (TPSA) is 105 Å². The number of benzene rings is 3. The smallest absolute Gasteiger partial charge is 0.343 e. The number of carbonyl (C=O) groups is 3. The van der Waals surface area contributed by atoms with Gasteiger partial charge in [0, 0.05) is 17.5 Å². The van der Waals surface area contributed by atoms with Crippen LogP contribution in [0.1, 0.15) is 28.9 Å². The minimum atomic E-state index is -1.36. The van der Waals surface area contributed by atoms with E-state index in [1.807, 2.05) is 6.07 Å². The molecule has 0 bridgehead atoms. The molecular formula is C22H20N2O5. The van der Waals surface area contributed by atoms with E-state index < -0.39 is 24.0 Å². The molecule has 3 N–H and O–H groups in total. The Kier molecular flexibility index (Phi) is 6.09. The second-order valence-electron chi connectivity index (χ2n) is 6.23. The Labute approximate surface area is 167 Å². The van der Waals surface area contributed by atoms with E-state index in [2.05, 4.69) is 10.6 Å². The van der Waals surface area contributed by atoms with Gasteiger partial charge in [-0.15, -0.1) is 0 Å². The molecule has 0 spiro atoms. The zero-order valence-corrected chi connectivity index (χ0v) is 15.7. The maximum absolute atomic E-state index is 12.7. The average molecular weight is 392 g/mol. The summed E-state index contributed by atoms with van der Waals surface area (Å²) in [5, 5.41) is 16.3. The van der Waals surface area contributed by atoms with Crippen LogP contribution in [0.15, 0.2) is 66.7 Å². The van der Waals surface area contributed by atoms with Crippen LogP contribution in [-0.2, 0) is 9.53 Å². The number of urea groups is 1. The second kappa shape index (κ2) is 8.88. The van der Waals surface area contributed by atoms with Crippen LogP contribution < -0.4 is 10.6 Å². The molecule has 0 aliphatic rings. The Morgan fingerprint density at radius 3 is 2.38 bits per heavy atom. The lowest BCUT2D eigenvalue weighted by atomic mass is 10.0. The Bertz CT molecular complexity index is 1050. The molecule has 0 saturated heterocycles. The first-order valence-corrected chi connectivity index (χ1v) is 9.06. The zero-order chi connectivity index (χ0) is 20.8. The molecule has 0 saturated carbocycles. The lowest BCUT2D eigenvalue weighted by molar-refractivity contribution is -0.129. The molecule has 0 radical (unpaired) electrons. The van der Waals surface area contributed by atoms with E-state index in [0.29, 0.717) is 17.5 Å². The number of amides is 3. The third-order valence-electron chi connectivity index (χ3n) is 4.26.